The van der Waals surface area contributed by atoms with Crippen molar-refractivity contribution in [3.8, 4) is 0 Å². The first-order chi connectivity index (χ1) is 14.7. The first kappa shape index (κ1) is 19.2. The normalized spacial score (nSPS) is 17.1. The highest BCUT2D eigenvalue weighted by atomic mass is 19.1. The number of anilines is 1. The molecule has 8 heteroatoms. The predicted molar refractivity (Wildman–Crippen MR) is 112 cm³/mol. The van der Waals surface area contributed by atoms with E-state index in [9.17, 15) is 9.18 Å². The fourth-order valence-corrected chi connectivity index (χ4v) is 4.08. The van der Waals surface area contributed by atoms with Crippen LogP contribution in [0.1, 0.15) is 27.3 Å². The summed E-state index contributed by atoms with van der Waals surface area (Å²) < 4.78 is 20.2. The molecule has 2 aliphatic rings. The fraction of sp³-hybridized carbons (Fsp3) is 0.364. The summed E-state index contributed by atoms with van der Waals surface area (Å²) in [4.78, 5) is 22.9. The van der Waals surface area contributed by atoms with Gasteiger partial charge in [0.05, 0.1) is 36.4 Å². The average Bonchev–Trinajstić information content (AvgIpc) is 3.16. The number of aromatic nitrogens is 2. The quantitative estimate of drug-likeness (QED) is 0.617. The number of fused-ring (bicyclic) bond motifs is 2. The number of hydrogen-bond donors (Lipinski definition) is 3. The van der Waals surface area contributed by atoms with Gasteiger partial charge in [0.2, 0.25) is 0 Å². The Morgan fingerprint density at radius 1 is 1.23 bits per heavy atom. The topological polar surface area (TPSA) is 82.3 Å². The van der Waals surface area contributed by atoms with E-state index in [0.717, 1.165) is 68.2 Å². The molecule has 3 N–H and O–H groups in total. The zero-order chi connectivity index (χ0) is 20.5. The molecule has 0 unspecified atom stereocenters. The smallest absolute Gasteiger partial charge is 0.258 e. The minimum atomic E-state index is -0.451. The van der Waals surface area contributed by atoms with Crippen molar-refractivity contribution in [2.75, 3.05) is 38.2 Å². The standard InChI is InChI=1S/C22H24FN5O2/c23-21-16(3-1-14-5-6-24-12-17(14)21)22(29)25-15-2-4-18-19(11-15)27-20(26-18)13-28-7-9-30-10-8-28/h1-4,11,24H,5-10,12-13H2,(H,25,29)(H,26,27). The van der Waals surface area contributed by atoms with Crippen LogP contribution in [0.3, 0.4) is 0 Å². The molecule has 0 aliphatic carbocycles. The Hall–Kier alpha value is -2.81. The second kappa shape index (κ2) is 8.14. The number of carbonyl (C=O) groups excluding carboxylic acids is 1. The number of aromatic amines is 1. The van der Waals surface area contributed by atoms with Gasteiger partial charge in [0, 0.05) is 30.9 Å². The molecule has 5 rings (SSSR count). The third kappa shape index (κ3) is 3.81. The monoisotopic (exact) mass is 409 g/mol. The number of ether oxygens (including phenoxy) is 1. The molecule has 156 valence electrons. The number of benzene rings is 2. The molecule has 0 radical (unpaired) electrons. The molecule has 3 aromatic rings. The van der Waals surface area contributed by atoms with Gasteiger partial charge in [-0.1, -0.05) is 6.07 Å². The van der Waals surface area contributed by atoms with Gasteiger partial charge in [-0.2, -0.15) is 0 Å². The Morgan fingerprint density at radius 3 is 2.97 bits per heavy atom. The summed E-state index contributed by atoms with van der Waals surface area (Å²) in [6.45, 7) is 5.27. The molecule has 7 nitrogen and oxygen atoms in total. The number of nitrogens with zero attached hydrogens (tertiary/aromatic N) is 2. The molecule has 3 heterocycles. The van der Waals surface area contributed by atoms with Crippen LogP contribution in [-0.4, -0.2) is 53.6 Å². The van der Waals surface area contributed by atoms with Crippen molar-refractivity contribution in [3.05, 3.63) is 58.7 Å². The van der Waals surface area contributed by atoms with Gasteiger partial charge in [0.1, 0.15) is 11.6 Å². The number of rotatable bonds is 4. The van der Waals surface area contributed by atoms with Crippen molar-refractivity contribution >= 4 is 22.6 Å². The summed E-state index contributed by atoms with van der Waals surface area (Å²) in [7, 11) is 0. The van der Waals surface area contributed by atoms with Gasteiger partial charge >= 0.3 is 0 Å². The van der Waals surface area contributed by atoms with E-state index in [1.165, 1.54) is 0 Å². The first-order valence-corrected chi connectivity index (χ1v) is 10.3. The second-order valence-electron chi connectivity index (χ2n) is 7.75. The van der Waals surface area contributed by atoms with E-state index in [0.29, 0.717) is 17.8 Å². The zero-order valence-corrected chi connectivity index (χ0v) is 16.6. The Bertz CT molecular complexity index is 1090. The van der Waals surface area contributed by atoms with Gasteiger partial charge in [-0.3, -0.25) is 9.69 Å². The van der Waals surface area contributed by atoms with Crippen LogP contribution >= 0.6 is 0 Å². The van der Waals surface area contributed by atoms with Crippen LogP contribution in [0.15, 0.2) is 30.3 Å². The molecule has 1 amide bonds. The van der Waals surface area contributed by atoms with Crippen molar-refractivity contribution in [3.63, 3.8) is 0 Å². The summed E-state index contributed by atoms with van der Waals surface area (Å²) in [6, 6.07) is 8.91. The molecule has 1 aromatic heterocycles. The maximum Gasteiger partial charge on any atom is 0.258 e. The summed E-state index contributed by atoms with van der Waals surface area (Å²) >= 11 is 0. The van der Waals surface area contributed by atoms with Gasteiger partial charge in [-0.25, -0.2) is 9.37 Å². The molecule has 0 spiro atoms. The van der Waals surface area contributed by atoms with Crippen molar-refractivity contribution in [2.45, 2.75) is 19.5 Å². The van der Waals surface area contributed by atoms with Crippen molar-refractivity contribution in [1.82, 2.24) is 20.2 Å². The van der Waals surface area contributed by atoms with E-state index < -0.39 is 11.7 Å². The van der Waals surface area contributed by atoms with Gasteiger partial charge < -0.3 is 20.4 Å². The molecule has 2 aliphatic heterocycles. The molecule has 2 aromatic carbocycles. The minimum Gasteiger partial charge on any atom is -0.379 e. The number of hydrogen-bond acceptors (Lipinski definition) is 5. The highest BCUT2D eigenvalue weighted by molar-refractivity contribution is 6.05. The molecule has 30 heavy (non-hydrogen) atoms. The van der Waals surface area contributed by atoms with Gasteiger partial charge in [-0.05, 0) is 42.8 Å². The fourth-order valence-electron chi connectivity index (χ4n) is 4.08. The molecule has 1 saturated heterocycles. The number of amides is 1. The second-order valence-corrected chi connectivity index (χ2v) is 7.75. The van der Waals surface area contributed by atoms with Crippen molar-refractivity contribution in [1.29, 1.82) is 0 Å². The largest absolute Gasteiger partial charge is 0.379 e. The maximum atomic E-state index is 14.9. The Kier molecular flexibility index (Phi) is 5.20. The van der Waals surface area contributed by atoms with E-state index in [1.807, 2.05) is 18.2 Å². The van der Waals surface area contributed by atoms with E-state index in [4.69, 9.17) is 4.74 Å². The van der Waals surface area contributed by atoms with Gasteiger partial charge in [0.25, 0.3) is 5.91 Å². The Balaban J connectivity index is 1.33. The van der Waals surface area contributed by atoms with Crippen LogP contribution in [0.4, 0.5) is 10.1 Å². The number of halogens is 1. The van der Waals surface area contributed by atoms with Crippen molar-refractivity contribution in [2.24, 2.45) is 0 Å². The first-order valence-electron chi connectivity index (χ1n) is 10.3. The SMILES string of the molecule is O=C(Nc1ccc2nc(CN3CCOCC3)[nH]c2c1)c1ccc2c(c1F)CNCC2. The maximum absolute atomic E-state index is 14.9. The predicted octanol–water partition coefficient (Wildman–Crippen LogP) is 2.43. The lowest BCUT2D eigenvalue weighted by Crippen LogP contribution is -2.35. The number of H-pyrrole nitrogens is 1. The van der Waals surface area contributed by atoms with Gasteiger partial charge in [-0.15, -0.1) is 0 Å². The molecule has 0 bridgehead atoms. The highest BCUT2D eigenvalue weighted by Crippen LogP contribution is 2.23. The van der Waals surface area contributed by atoms with Crippen LogP contribution in [0.25, 0.3) is 11.0 Å². The lowest BCUT2D eigenvalue weighted by molar-refractivity contribution is 0.0332. The zero-order valence-electron chi connectivity index (χ0n) is 16.6. The molecule has 0 saturated carbocycles. The lowest BCUT2D eigenvalue weighted by Gasteiger charge is -2.25. The number of imidazole rings is 1. The number of morpholine rings is 1. The van der Waals surface area contributed by atoms with Crippen LogP contribution < -0.4 is 10.6 Å². The average molecular weight is 409 g/mol. The Labute approximate surface area is 173 Å². The molecular formula is C22H24FN5O2. The highest BCUT2D eigenvalue weighted by Gasteiger charge is 2.20. The van der Waals surface area contributed by atoms with E-state index in [-0.39, 0.29) is 5.56 Å². The van der Waals surface area contributed by atoms with Crippen LogP contribution in [-0.2, 0) is 24.2 Å². The summed E-state index contributed by atoms with van der Waals surface area (Å²) in [5.74, 6) is -0.00972. The third-order valence-electron chi connectivity index (χ3n) is 5.72. The Morgan fingerprint density at radius 2 is 2.10 bits per heavy atom. The number of carbonyl (C=O) groups is 1. The number of nitrogens with one attached hydrogen (secondary N) is 3. The summed E-state index contributed by atoms with van der Waals surface area (Å²) in [6.07, 6.45) is 0.775. The van der Waals surface area contributed by atoms with Crippen LogP contribution in [0.2, 0.25) is 0 Å². The molecule has 1 fully saturated rings. The van der Waals surface area contributed by atoms with E-state index in [2.05, 4.69) is 25.5 Å². The third-order valence-corrected chi connectivity index (χ3v) is 5.72. The van der Waals surface area contributed by atoms with Crippen LogP contribution in [0, 0.1) is 5.82 Å². The minimum absolute atomic E-state index is 0.0650. The van der Waals surface area contributed by atoms with E-state index >= 15 is 0 Å². The van der Waals surface area contributed by atoms with Gasteiger partial charge in [0.15, 0.2) is 0 Å². The molecular weight excluding hydrogens is 385 g/mol. The van der Waals surface area contributed by atoms with Crippen molar-refractivity contribution < 1.29 is 13.9 Å². The van der Waals surface area contributed by atoms with Crippen LogP contribution in [0.5, 0.6) is 0 Å². The summed E-state index contributed by atoms with van der Waals surface area (Å²) in [5.41, 5.74) is 3.90. The summed E-state index contributed by atoms with van der Waals surface area (Å²) in [5, 5.41) is 5.97. The van der Waals surface area contributed by atoms with E-state index in [1.54, 1.807) is 12.1 Å². The lowest BCUT2D eigenvalue weighted by atomic mass is 9.97. The molecule has 0 atom stereocenters.